The van der Waals surface area contributed by atoms with E-state index in [-0.39, 0.29) is 18.4 Å². The summed E-state index contributed by atoms with van der Waals surface area (Å²) in [5, 5.41) is 5.61. The summed E-state index contributed by atoms with van der Waals surface area (Å²) in [4.78, 5) is 26.1. The Morgan fingerprint density at radius 3 is 2.75 bits per heavy atom. The molecule has 1 fully saturated rings. The molecule has 0 radical (unpaired) electrons. The fourth-order valence-electron chi connectivity index (χ4n) is 3.32. The normalized spacial score (nSPS) is 17.9. The van der Waals surface area contributed by atoms with Crippen molar-refractivity contribution in [2.75, 3.05) is 25.5 Å². The average Bonchev–Trinajstić information content (AvgIpc) is 2.82. The lowest BCUT2D eigenvalue weighted by atomic mass is 9.96. The molecule has 132 valence electrons. The van der Waals surface area contributed by atoms with Gasteiger partial charge in [-0.25, -0.2) is 4.79 Å². The van der Waals surface area contributed by atoms with Crippen LogP contribution in [-0.4, -0.2) is 37.0 Å². The maximum absolute atomic E-state index is 12.6. The van der Waals surface area contributed by atoms with Crippen molar-refractivity contribution in [3.8, 4) is 0 Å². The molecule has 24 heavy (non-hydrogen) atoms. The number of likely N-dealkylation sites (N-methyl/N-ethyl adjacent to an activating group) is 1. The number of nitrogens with zero attached hydrogens (tertiary/aromatic N) is 1. The van der Waals surface area contributed by atoms with E-state index in [0.717, 1.165) is 43.1 Å². The summed E-state index contributed by atoms with van der Waals surface area (Å²) in [6.45, 7) is 3.84. The summed E-state index contributed by atoms with van der Waals surface area (Å²) in [5.41, 5.74) is 1.56. The highest BCUT2D eigenvalue weighted by molar-refractivity contribution is 5.91. The number of rotatable bonds is 5. The summed E-state index contributed by atoms with van der Waals surface area (Å²) in [6, 6.07) is 7.44. The van der Waals surface area contributed by atoms with Crippen LogP contribution in [0.4, 0.5) is 10.5 Å². The van der Waals surface area contributed by atoms with Crippen LogP contribution >= 0.6 is 0 Å². The predicted octanol–water partition coefficient (Wildman–Crippen LogP) is 3.41. The van der Waals surface area contributed by atoms with Gasteiger partial charge in [0.2, 0.25) is 5.91 Å². The highest BCUT2D eigenvalue weighted by Gasteiger charge is 2.21. The number of urea groups is 1. The molecule has 5 heteroatoms. The molecule has 1 aliphatic heterocycles. The zero-order chi connectivity index (χ0) is 17.4. The molecule has 2 rings (SSSR count). The molecule has 1 aromatic rings. The zero-order valence-corrected chi connectivity index (χ0v) is 14.8. The quantitative estimate of drug-likeness (QED) is 0.868. The number of anilines is 1. The van der Waals surface area contributed by atoms with Gasteiger partial charge in [0.05, 0.1) is 6.42 Å². The fraction of sp³-hybridized carbons (Fsp3) is 0.579. The molecule has 1 atom stereocenters. The third-order valence-electron chi connectivity index (χ3n) is 4.72. The number of para-hydroxylation sites is 1. The first-order valence-electron chi connectivity index (χ1n) is 8.98. The molecule has 0 aliphatic carbocycles. The van der Waals surface area contributed by atoms with E-state index < -0.39 is 0 Å². The van der Waals surface area contributed by atoms with E-state index in [9.17, 15) is 9.59 Å². The van der Waals surface area contributed by atoms with E-state index in [4.69, 9.17) is 0 Å². The molecule has 5 nitrogen and oxygen atoms in total. The zero-order valence-electron chi connectivity index (χ0n) is 14.8. The standard InChI is InChI=1S/C19H29N3O2/c1-3-7-15-8-6-12-22(13-11-15)19(24)21-17-10-5-4-9-16(17)14-18(23)20-2/h4-5,9-10,15H,3,6-8,11-14H2,1-2H3,(H,20,23)(H,21,24). The van der Waals surface area contributed by atoms with Gasteiger partial charge in [-0.2, -0.15) is 0 Å². The van der Waals surface area contributed by atoms with Crippen molar-refractivity contribution in [1.82, 2.24) is 10.2 Å². The van der Waals surface area contributed by atoms with E-state index in [1.807, 2.05) is 29.2 Å². The first kappa shape index (κ1) is 18.3. The second-order valence-corrected chi connectivity index (χ2v) is 6.51. The van der Waals surface area contributed by atoms with Crippen LogP contribution in [0.15, 0.2) is 24.3 Å². The highest BCUT2D eigenvalue weighted by atomic mass is 16.2. The lowest BCUT2D eigenvalue weighted by molar-refractivity contribution is -0.119. The van der Waals surface area contributed by atoms with Crippen LogP contribution in [0.2, 0.25) is 0 Å². The Morgan fingerprint density at radius 1 is 1.21 bits per heavy atom. The summed E-state index contributed by atoms with van der Waals surface area (Å²) in [7, 11) is 1.62. The van der Waals surface area contributed by atoms with E-state index in [2.05, 4.69) is 17.6 Å². The van der Waals surface area contributed by atoms with Gasteiger partial charge in [0.15, 0.2) is 0 Å². The van der Waals surface area contributed by atoms with Gasteiger partial charge in [-0.05, 0) is 36.8 Å². The van der Waals surface area contributed by atoms with Crippen LogP contribution in [0.25, 0.3) is 0 Å². The summed E-state index contributed by atoms with van der Waals surface area (Å²) < 4.78 is 0. The molecular formula is C19H29N3O2. The lowest BCUT2D eigenvalue weighted by Crippen LogP contribution is -2.36. The summed E-state index contributed by atoms with van der Waals surface area (Å²) in [5.74, 6) is 0.683. The van der Waals surface area contributed by atoms with E-state index in [1.165, 1.54) is 19.3 Å². The molecule has 3 amide bonds. The minimum absolute atomic E-state index is 0.0588. The van der Waals surface area contributed by atoms with Gasteiger partial charge in [0.1, 0.15) is 0 Å². The molecule has 1 saturated heterocycles. The van der Waals surface area contributed by atoms with Crippen LogP contribution in [0.1, 0.15) is 44.6 Å². The molecule has 2 N–H and O–H groups in total. The Labute approximate surface area is 144 Å². The largest absolute Gasteiger partial charge is 0.359 e. The summed E-state index contributed by atoms with van der Waals surface area (Å²) in [6.07, 6.45) is 6.10. The van der Waals surface area contributed by atoms with Crippen molar-refractivity contribution in [2.24, 2.45) is 5.92 Å². The molecular weight excluding hydrogens is 302 g/mol. The molecule has 0 saturated carbocycles. The van der Waals surface area contributed by atoms with Crippen LogP contribution < -0.4 is 10.6 Å². The number of carbonyl (C=O) groups excluding carboxylic acids is 2. The number of likely N-dealkylation sites (tertiary alicyclic amines) is 1. The van der Waals surface area contributed by atoms with Crippen LogP contribution in [0, 0.1) is 5.92 Å². The van der Waals surface area contributed by atoms with E-state index >= 15 is 0 Å². The van der Waals surface area contributed by atoms with Gasteiger partial charge in [-0.1, -0.05) is 38.0 Å². The lowest BCUT2D eigenvalue weighted by Gasteiger charge is -2.22. The second-order valence-electron chi connectivity index (χ2n) is 6.51. The first-order chi connectivity index (χ1) is 11.6. The maximum Gasteiger partial charge on any atom is 0.321 e. The number of carbonyl (C=O) groups is 2. The molecule has 1 aromatic carbocycles. The van der Waals surface area contributed by atoms with Crippen LogP contribution in [-0.2, 0) is 11.2 Å². The van der Waals surface area contributed by atoms with Crippen molar-refractivity contribution in [3.05, 3.63) is 29.8 Å². The minimum Gasteiger partial charge on any atom is -0.359 e. The van der Waals surface area contributed by atoms with Crippen molar-refractivity contribution in [3.63, 3.8) is 0 Å². The van der Waals surface area contributed by atoms with Gasteiger partial charge in [-0.15, -0.1) is 0 Å². The number of nitrogens with one attached hydrogen (secondary N) is 2. The third-order valence-corrected chi connectivity index (χ3v) is 4.72. The Balaban J connectivity index is 1.98. The molecule has 1 heterocycles. The average molecular weight is 331 g/mol. The van der Waals surface area contributed by atoms with Crippen molar-refractivity contribution >= 4 is 17.6 Å². The SMILES string of the molecule is CCCC1CCCN(C(=O)Nc2ccccc2CC(=O)NC)CC1. The maximum atomic E-state index is 12.6. The first-order valence-corrected chi connectivity index (χ1v) is 8.98. The van der Waals surface area contributed by atoms with Gasteiger partial charge in [0.25, 0.3) is 0 Å². The Bertz CT molecular complexity index is 559. The predicted molar refractivity (Wildman–Crippen MR) is 97.1 cm³/mol. The summed E-state index contributed by atoms with van der Waals surface area (Å²) >= 11 is 0. The van der Waals surface area contributed by atoms with Crippen molar-refractivity contribution in [1.29, 1.82) is 0 Å². The highest BCUT2D eigenvalue weighted by Crippen LogP contribution is 2.23. The van der Waals surface area contributed by atoms with Crippen molar-refractivity contribution < 1.29 is 9.59 Å². The number of hydrogen-bond donors (Lipinski definition) is 2. The number of amides is 3. The molecule has 1 aliphatic rings. The van der Waals surface area contributed by atoms with Gasteiger partial charge in [-0.3, -0.25) is 4.79 Å². The van der Waals surface area contributed by atoms with E-state index in [1.54, 1.807) is 7.05 Å². The molecule has 0 bridgehead atoms. The topological polar surface area (TPSA) is 61.4 Å². The molecule has 0 aromatic heterocycles. The molecule has 1 unspecified atom stereocenters. The van der Waals surface area contributed by atoms with E-state index in [0.29, 0.717) is 0 Å². The van der Waals surface area contributed by atoms with Gasteiger partial charge in [0, 0.05) is 25.8 Å². The Kier molecular flexibility index (Phi) is 7.09. The molecule has 0 spiro atoms. The second kappa shape index (κ2) is 9.30. The van der Waals surface area contributed by atoms with Crippen LogP contribution in [0.5, 0.6) is 0 Å². The van der Waals surface area contributed by atoms with Crippen molar-refractivity contribution in [2.45, 2.75) is 45.4 Å². The van der Waals surface area contributed by atoms with Crippen LogP contribution in [0.3, 0.4) is 0 Å². The minimum atomic E-state index is -0.0612. The number of benzene rings is 1. The third kappa shape index (κ3) is 5.25. The Morgan fingerprint density at radius 2 is 2.00 bits per heavy atom. The number of hydrogen-bond acceptors (Lipinski definition) is 2. The fourth-order valence-corrected chi connectivity index (χ4v) is 3.32. The monoisotopic (exact) mass is 331 g/mol. The van der Waals surface area contributed by atoms with Gasteiger partial charge < -0.3 is 15.5 Å². The van der Waals surface area contributed by atoms with Gasteiger partial charge >= 0.3 is 6.03 Å². The Hall–Kier alpha value is -2.04. The smallest absolute Gasteiger partial charge is 0.321 e.